The molecule has 0 spiro atoms. The summed E-state index contributed by atoms with van der Waals surface area (Å²) in [4.78, 5) is 2.49. The van der Waals surface area contributed by atoms with Crippen molar-refractivity contribution >= 4 is 0 Å². The highest BCUT2D eigenvalue weighted by Crippen LogP contribution is 2.23. The van der Waals surface area contributed by atoms with Crippen molar-refractivity contribution in [2.24, 2.45) is 0 Å². The zero-order valence-corrected chi connectivity index (χ0v) is 7.75. The minimum Gasteiger partial charge on any atom is -0.292 e. The monoisotopic (exact) mass is 177 g/mol. The van der Waals surface area contributed by atoms with Crippen molar-refractivity contribution in [3.8, 4) is 0 Å². The largest absolute Gasteiger partial charge is 0.292 e. The second kappa shape index (κ2) is 3.93. The normalized spacial score (nSPS) is 15.6. The first kappa shape index (κ1) is 10.3. The third-order valence-corrected chi connectivity index (χ3v) is 2.60. The lowest BCUT2D eigenvalue weighted by Gasteiger charge is -2.18. The first-order chi connectivity index (χ1) is 5.77. The summed E-state index contributed by atoms with van der Waals surface area (Å²) in [5.41, 5.74) is 3.01. The lowest BCUT2D eigenvalue weighted by Crippen LogP contribution is -2.24. The Balaban J connectivity index is 0.000000845. The van der Waals surface area contributed by atoms with E-state index in [2.05, 4.69) is 43.0 Å². The fourth-order valence-corrected chi connectivity index (χ4v) is 1.72. The Morgan fingerprint density at radius 2 is 1.54 bits per heavy atom. The van der Waals surface area contributed by atoms with Crippen molar-refractivity contribution in [2.75, 3.05) is 0 Å². The molecule has 0 fully saturated rings. The van der Waals surface area contributed by atoms with Crippen LogP contribution in [0.3, 0.4) is 0 Å². The van der Waals surface area contributed by atoms with Crippen LogP contribution in [0.4, 0.5) is 0 Å². The number of rotatable bonds is 1. The van der Waals surface area contributed by atoms with Gasteiger partial charge in [0.2, 0.25) is 0 Å². The van der Waals surface area contributed by atoms with E-state index < -0.39 is 0 Å². The van der Waals surface area contributed by atoms with Gasteiger partial charge in [-0.15, -0.1) is 0 Å². The maximum absolute atomic E-state index is 2.49. The fraction of sp³-hybridized carbons (Fsp3) is 0.500. The number of fused-ring (bicyclic) bond motifs is 1. The molecule has 0 atom stereocenters. The zero-order chi connectivity index (χ0) is 8.55. The van der Waals surface area contributed by atoms with Gasteiger partial charge in [-0.3, -0.25) is 4.90 Å². The average molecular weight is 177 g/mol. The topological polar surface area (TPSA) is 3.24 Å². The van der Waals surface area contributed by atoms with Crippen molar-refractivity contribution in [1.82, 2.24) is 4.90 Å². The molecule has 1 aromatic carbocycles. The van der Waals surface area contributed by atoms with Crippen molar-refractivity contribution in [2.45, 2.75) is 40.4 Å². The Kier molecular flexibility index (Phi) is 3.10. The molecule has 0 N–H and O–H groups in total. The van der Waals surface area contributed by atoms with Crippen LogP contribution in [0, 0.1) is 0 Å². The van der Waals surface area contributed by atoms with Crippen LogP contribution in [0.25, 0.3) is 0 Å². The van der Waals surface area contributed by atoms with Gasteiger partial charge in [0.15, 0.2) is 0 Å². The standard InChI is InChI=1S/C11H15N.CH4/c1-9(2)12-7-10-5-3-4-6-11(10)8-12;/h3-6,9H,7-8H2,1-2H3;1H4. The molecule has 2 rings (SSSR count). The predicted molar refractivity (Wildman–Crippen MR) is 57.6 cm³/mol. The highest BCUT2D eigenvalue weighted by molar-refractivity contribution is 5.30. The van der Waals surface area contributed by atoms with E-state index in [1.54, 1.807) is 0 Å². The van der Waals surface area contributed by atoms with Crippen molar-refractivity contribution < 1.29 is 0 Å². The van der Waals surface area contributed by atoms with Crippen LogP contribution in [-0.4, -0.2) is 10.9 Å². The fourth-order valence-electron chi connectivity index (χ4n) is 1.72. The maximum Gasteiger partial charge on any atom is 0.0243 e. The Bertz CT molecular complexity index is 253. The summed E-state index contributed by atoms with van der Waals surface area (Å²) >= 11 is 0. The molecular weight excluding hydrogens is 158 g/mol. The van der Waals surface area contributed by atoms with Crippen LogP contribution in [0.1, 0.15) is 32.4 Å². The first-order valence-electron chi connectivity index (χ1n) is 4.58. The van der Waals surface area contributed by atoms with Crippen molar-refractivity contribution in [3.63, 3.8) is 0 Å². The lowest BCUT2D eigenvalue weighted by molar-refractivity contribution is 0.227. The molecule has 13 heavy (non-hydrogen) atoms. The minimum atomic E-state index is 0. The summed E-state index contributed by atoms with van der Waals surface area (Å²) in [6.07, 6.45) is 0. The van der Waals surface area contributed by atoms with Gasteiger partial charge in [-0.2, -0.15) is 0 Å². The lowest BCUT2D eigenvalue weighted by atomic mass is 10.1. The van der Waals surface area contributed by atoms with Gasteiger partial charge in [-0.05, 0) is 25.0 Å². The van der Waals surface area contributed by atoms with Gasteiger partial charge in [0.1, 0.15) is 0 Å². The Morgan fingerprint density at radius 1 is 1.08 bits per heavy atom. The molecule has 0 aromatic heterocycles. The minimum absolute atomic E-state index is 0. The van der Waals surface area contributed by atoms with E-state index in [1.165, 1.54) is 11.1 Å². The summed E-state index contributed by atoms with van der Waals surface area (Å²) < 4.78 is 0. The van der Waals surface area contributed by atoms with Gasteiger partial charge < -0.3 is 0 Å². The quantitative estimate of drug-likeness (QED) is 0.637. The van der Waals surface area contributed by atoms with E-state index in [0.29, 0.717) is 6.04 Å². The third kappa shape index (κ3) is 1.92. The van der Waals surface area contributed by atoms with Crippen LogP contribution in [0.2, 0.25) is 0 Å². The van der Waals surface area contributed by atoms with E-state index in [4.69, 9.17) is 0 Å². The Hall–Kier alpha value is -0.820. The molecule has 1 nitrogen and oxygen atoms in total. The summed E-state index contributed by atoms with van der Waals surface area (Å²) in [5, 5.41) is 0. The SMILES string of the molecule is C.CC(C)N1Cc2ccccc2C1. The molecule has 1 heteroatoms. The summed E-state index contributed by atoms with van der Waals surface area (Å²) in [7, 11) is 0. The van der Waals surface area contributed by atoms with Crippen LogP contribution < -0.4 is 0 Å². The Morgan fingerprint density at radius 3 is 1.92 bits per heavy atom. The molecule has 1 aromatic rings. The van der Waals surface area contributed by atoms with Gasteiger partial charge in [-0.25, -0.2) is 0 Å². The van der Waals surface area contributed by atoms with Crippen LogP contribution in [-0.2, 0) is 13.1 Å². The van der Waals surface area contributed by atoms with Crippen molar-refractivity contribution in [3.05, 3.63) is 35.4 Å². The molecule has 0 saturated heterocycles. The molecule has 0 amide bonds. The van der Waals surface area contributed by atoms with Crippen molar-refractivity contribution in [1.29, 1.82) is 0 Å². The second-order valence-electron chi connectivity index (χ2n) is 3.77. The maximum atomic E-state index is 2.49. The van der Waals surface area contributed by atoms with E-state index in [0.717, 1.165) is 13.1 Å². The summed E-state index contributed by atoms with van der Waals surface area (Å²) in [6, 6.07) is 9.39. The molecule has 0 bridgehead atoms. The van der Waals surface area contributed by atoms with E-state index in [9.17, 15) is 0 Å². The number of hydrogen-bond acceptors (Lipinski definition) is 1. The molecule has 1 aliphatic rings. The van der Waals surface area contributed by atoms with E-state index >= 15 is 0 Å². The summed E-state index contributed by atoms with van der Waals surface area (Å²) in [5.74, 6) is 0. The first-order valence-corrected chi connectivity index (χ1v) is 4.58. The second-order valence-corrected chi connectivity index (χ2v) is 3.77. The van der Waals surface area contributed by atoms with Gasteiger partial charge in [0, 0.05) is 19.1 Å². The van der Waals surface area contributed by atoms with Crippen LogP contribution >= 0.6 is 0 Å². The number of nitrogens with zero attached hydrogens (tertiary/aromatic N) is 1. The Labute approximate surface area is 81.4 Å². The number of benzene rings is 1. The molecule has 1 heterocycles. The highest BCUT2D eigenvalue weighted by Gasteiger charge is 2.19. The van der Waals surface area contributed by atoms with Gasteiger partial charge in [-0.1, -0.05) is 31.7 Å². The van der Waals surface area contributed by atoms with Gasteiger partial charge in [0.05, 0.1) is 0 Å². The highest BCUT2D eigenvalue weighted by atomic mass is 15.2. The molecule has 0 saturated carbocycles. The molecule has 0 radical (unpaired) electrons. The molecule has 0 aliphatic carbocycles. The molecular formula is C12H19N. The third-order valence-electron chi connectivity index (χ3n) is 2.60. The van der Waals surface area contributed by atoms with Crippen LogP contribution in [0.15, 0.2) is 24.3 Å². The van der Waals surface area contributed by atoms with Gasteiger partial charge in [0.25, 0.3) is 0 Å². The van der Waals surface area contributed by atoms with Gasteiger partial charge >= 0.3 is 0 Å². The number of hydrogen-bond donors (Lipinski definition) is 0. The average Bonchev–Trinajstić information content (AvgIpc) is 2.46. The van der Waals surface area contributed by atoms with E-state index in [-0.39, 0.29) is 7.43 Å². The molecule has 72 valence electrons. The molecule has 1 aliphatic heterocycles. The van der Waals surface area contributed by atoms with Crippen LogP contribution in [0.5, 0.6) is 0 Å². The molecule has 0 unspecified atom stereocenters. The smallest absolute Gasteiger partial charge is 0.0243 e. The van der Waals surface area contributed by atoms with E-state index in [1.807, 2.05) is 0 Å². The zero-order valence-electron chi connectivity index (χ0n) is 7.75. The summed E-state index contributed by atoms with van der Waals surface area (Å²) in [6.45, 7) is 6.78. The predicted octanol–water partition coefficient (Wildman–Crippen LogP) is 3.05.